The van der Waals surface area contributed by atoms with Crippen LogP contribution in [0.15, 0.2) is 48.5 Å². The van der Waals surface area contributed by atoms with Gasteiger partial charge in [-0.3, -0.25) is 0 Å². The van der Waals surface area contributed by atoms with Gasteiger partial charge >= 0.3 is 0 Å². The molecule has 2 heterocycles. The maximum absolute atomic E-state index is 6.00. The van der Waals surface area contributed by atoms with Crippen molar-refractivity contribution >= 4 is 0 Å². The second-order valence-corrected chi connectivity index (χ2v) is 5.73. The van der Waals surface area contributed by atoms with Gasteiger partial charge in [0.2, 0.25) is 0 Å². The van der Waals surface area contributed by atoms with Gasteiger partial charge in [-0.1, -0.05) is 42.5 Å². The first-order valence-electron chi connectivity index (χ1n) is 6.82. The zero-order valence-electron chi connectivity index (χ0n) is 11.0. The summed E-state index contributed by atoms with van der Waals surface area (Å²) < 4.78 is 6.00. The van der Waals surface area contributed by atoms with Gasteiger partial charge in [0, 0.05) is 23.6 Å². The van der Waals surface area contributed by atoms with E-state index in [9.17, 15) is 0 Å². The maximum Gasteiger partial charge on any atom is 0.123 e. The molecule has 4 rings (SSSR count). The molecule has 1 saturated heterocycles. The van der Waals surface area contributed by atoms with Crippen molar-refractivity contribution in [3.63, 3.8) is 0 Å². The van der Waals surface area contributed by atoms with Gasteiger partial charge in [0.15, 0.2) is 0 Å². The number of benzene rings is 2. The van der Waals surface area contributed by atoms with E-state index in [2.05, 4.69) is 60.8 Å². The molecule has 1 fully saturated rings. The van der Waals surface area contributed by atoms with Crippen LogP contribution in [0.5, 0.6) is 5.75 Å². The summed E-state index contributed by atoms with van der Waals surface area (Å²) in [4.78, 5) is 0. The zero-order chi connectivity index (χ0) is 12.9. The largest absolute Gasteiger partial charge is 0.489 e. The predicted molar refractivity (Wildman–Crippen MR) is 75.5 cm³/mol. The average molecular weight is 251 g/mol. The summed E-state index contributed by atoms with van der Waals surface area (Å²) in [7, 11) is 0. The number of hydrogen-bond acceptors (Lipinski definition) is 2. The summed E-state index contributed by atoms with van der Waals surface area (Å²) in [6.45, 7) is 4.04. The summed E-state index contributed by atoms with van der Waals surface area (Å²) in [6, 6.07) is 17.1. The number of nitrogens with one attached hydrogen (secondary N) is 1. The SMILES string of the molecule is CC1(C2c3ccccc3COc3ccccc32)CN1. The first-order valence-corrected chi connectivity index (χ1v) is 6.82. The number of fused-ring (bicyclic) bond motifs is 2. The van der Waals surface area contributed by atoms with Gasteiger partial charge in [-0.2, -0.15) is 0 Å². The van der Waals surface area contributed by atoms with E-state index in [0.29, 0.717) is 12.5 Å². The third-order valence-electron chi connectivity index (χ3n) is 4.35. The molecule has 2 atom stereocenters. The van der Waals surface area contributed by atoms with Gasteiger partial charge in [-0.05, 0) is 24.1 Å². The summed E-state index contributed by atoms with van der Waals surface area (Å²) in [6.07, 6.45) is 0. The third kappa shape index (κ3) is 1.67. The Hall–Kier alpha value is -1.80. The van der Waals surface area contributed by atoms with Crippen molar-refractivity contribution in [1.29, 1.82) is 0 Å². The van der Waals surface area contributed by atoms with Crippen molar-refractivity contribution in [2.75, 3.05) is 6.54 Å². The standard InChI is InChI=1S/C17H17NO/c1-17(11-18-17)16-13-7-3-2-6-12(13)10-19-15-9-5-4-8-14(15)16/h2-9,16,18H,10-11H2,1H3. The number of rotatable bonds is 1. The minimum Gasteiger partial charge on any atom is -0.489 e. The smallest absolute Gasteiger partial charge is 0.123 e. The minimum absolute atomic E-state index is 0.167. The van der Waals surface area contributed by atoms with Crippen LogP contribution in [0.25, 0.3) is 0 Å². The van der Waals surface area contributed by atoms with Crippen LogP contribution in [0.1, 0.15) is 29.5 Å². The predicted octanol–water partition coefficient (Wildman–Crippen LogP) is 3.07. The molecule has 0 amide bonds. The summed E-state index contributed by atoms with van der Waals surface area (Å²) >= 11 is 0. The molecule has 0 spiro atoms. The quantitative estimate of drug-likeness (QED) is 0.790. The molecule has 2 aromatic carbocycles. The fourth-order valence-electron chi connectivity index (χ4n) is 3.15. The first-order chi connectivity index (χ1) is 9.28. The molecule has 19 heavy (non-hydrogen) atoms. The first kappa shape index (κ1) is 11.1. The second-order valence-electron chi connectivity index (χ2n) is 5.73. The molecule has 2 aliphatic heterocycles. The number of hydrogen-bond donors (Lipinski definition) is 1. The average Bonchev–Trinajstić information content (AvgIpc) is 3.20. The Morgan fingerprint density at radius 1 is 1.05 bits per heavy atom. The highest BCUT2D eigenvalue weighted by molar-refractivity contribution is 5.50. The number of para-hydroxylation sites is 1. The van der Waals surface area contributed by atoms with Gasteiger partial charge in [0.1, 0.15) is 12.4 Å². The molecule has 2 nitrogen and oxygen atoms in total. The van der Waals surface area contributed by atoms with E-state index in [1.54, 1.807) is 0 Å². The van der Waals surface area contributed by atoms with Crippen LogP contribution in [0.2, 0.25) is 0 Å². The molecule has 2 aromatic rings. The van der Waals surface area contributed by atoms with Gasteiger partial charge in [0.25, 0.3) is 0 Å². The van der Waals surface area contributed by atoms with Crippen molar-refractivity contribution in [2.24, 2.45) is 0 Å². The summed E-state index contributed by atoms with van der Waals surface area (Å²) in [5.41, 5.74) is 4.18. The topological polar surface area (TPSA) is 31.2 Å². The van der Waals surface area contributed by atoms with E-state index in [-0.39, 0.29) is 5.54 Å². The highest BCUT2D eigenvalue weighted by Crippen LogP contribution is 2.46. The molecular formula is C17H17NO. The van der Waals surface area contributed by atoms with Crippen LogP contribution in [0.3, 0.4) is 0 Å². The fourth-order valence-corrected chi connectivity index (χ4v) is 3.15. The Kier molecular flexibility index (Phi) is 2.24. The molecule has 2 aliphatic rings. The van der Waals surface area contributed by atoms with Crippen LogP contribution >= 0.6 is 0 Å². The van der Waals surface area contributed by atoms with Crippen LogP contribution < -0.4 is 10.1 Å². The molecule has 2 unspecified atom stereocenters. The lowest BCUT2D eigenvalue weighted by atomic mass is 9.79. The van der Waals surface area contributed by atoms with E-state index in [1.165, 1.54) is 16.7 Å². The molecule has 1 N–H and O–H groups in total. The van der Waals surface area contributed by atoms with Crippen molar-refractivity contribution in [3.05, 3.63) is 65.2 Å². The molecule has 96 valence electrons. The lowest BCUT2D eigenvalue weighted by Crippen LogP contribution is -2.23. The Morgan fingerprint density at radius 2 is 1.74 bits per heavy atom. The third-order valence-corrected chi connectivity index (χ3v) is 4.35. The Bertz CT molecular complexity index is 583. The highest BCUT2D eigenvalue weighted by Gasteiger charge is 2.47. The van der Waals surface area contributed by atoms with Crippen LogP contribution in [-0.4, -0.2) is 12.1 Å². The normalized spacial score (nSPS) is 27.7. The maximum atomic E-state index is 6.00. The van der Waals surface area contributed by atoms with Crippen LogP contribution in [-0.2, 0) is 6.61 Å². The Labute approximate surface area is 113 Å². The Balaban J connectivity index is 1.96. The van der Waals surface area contributed by atoms with Crippen molar-refractivity contribution in [1.82, 2.24) is 5.32 Å². The monoisotopic (exact) mass is 251 g/mol. The highest BCUT2D eigenvalue weighted by atomic mass is 16.5. The van der Waals surface area contributed by atoms with E-state index in [1.807, 2.05) is 0 Å². The minimum atomic E-state index is 0.167. The van der Waals surface area contributed by atoms with Crippen LogP contribution in [0, 0.1) is 0 Å². The van der Waals surface area contributed by atoms with E-state index in [4.69, 9.17) is 4.74 Å². The molecular weight excluding hydrogens is 234 g/mol. The molecule has 0 aliphatic carbocycles. The van der Waals surface area contributed by atoms with Gasteiger partial charge in [-0.25, -0.2) is 0 Å². The molecule has 0 aromatic heterocycles. The molecule has 0 radical (unpaired) electrons. The van der Waals surface area contributed by atoms with E-state index >= 15 is 0 Å². The van der Waals surface area contributed by atoms with Crippen molar-refractivity contribution < 1.29 is 4.74 Å². The second kappa shape index (κ2) is 3.84. The zero-order valence-corrected chi connectivity index (χ0v) is 11.0. The fraction of sp³-hybridized carbons (Fsp3) is 0.294. The Morgan fingerprint density at radius 3 is 2.53 bits per heavy atom. The summed E-state index contributed by atoms with van der Waals surface area (Å²) in [5.74, 6) is 1.40. The van der Waals surface area contributed by atoms with Crippen LogP contribution in [0.4, 0.5) is 0 Å². The molecule has 0 bridgehead atoms. The van der Waals surface area contributed by atoms with Gasteiger partial charge in [0.05, 0.1) is 0 Å². The van der Waals surface area contributed by atoms with E-state index < -0.39 is 0 Å². The summed E-state index contributed by atoms with van der Waals surface area (Å²) in [5, 5.41) is 3.53. The molecule has 2 heteroatoms. The van der Waals surface area contributed by atoms with Gasteiger partial charge < -0.3 is 10.1 Å². The van der Waals surface area contributed by atoms with Gasteiger partial charge in [-0.15, -0.1) is 0 Å². The van der Waals surface area contributed by atoms with Crippen molar-refractivity contribution in [2.45, 2.75) is 25.0 Å². The van der Waals surface area contributed by atoms with E-state index in [0.717, 1.165) is 12.3 Å². The lowest BCUT2D eigenvalue weighted by molar-refractivity contribution is 0.306. The lowest BCUT2D eigenvalue weighted by Gasteiger charge is -2.24. The van der Waals surface area contributed by atoms with Crippen molar-refractivity contribution in [3.8, 4) is 5.75 Å². The molecule has 0 saturated carbocycles. The number of ether oxygens (including phenoxy) is 1.